The number of hydroxylamine groups is 2. The van der Waals surface area contributed by atoms with Gasteiger partial charge in [-0.2, -0.15) is 5.06 Å². The second kappa shape index (κ2) is 2.54. The Morgan fingerprint density at radius 3 is 2.33 bits per heavy atom. The summed E-state index contributed by atoms with van der Waals surface area (Å²) in [6.07, 6.45) is -8.48. The number of carbonyl (C=O) groups excluding carboxylic acids is 1. The Morgan fingerprint density at radius 1 is 1.50 bits per heavy atom. The molecule has 1 heterocycles. The van der Waals surface area contributed by atoms with E-state index in [1.165, 1.54) is 0 Å². The smallest absolute Gasteiger partial charge is 0.238 e. The van der Waals surface area contributed by atoms with E-state index in [9.17, 15) is 4.79 Å². The molecule has 0 saturated carbocycles. The zero-order valence-electron chi connectivity index (χ0n) is 22.8. The summed E-state index contributed by atoms with van der Waals surface area (Å²) in [7, 11) is 0. The lowest BCUT2D eigenvalue weighted by Crippen LogP contribution is -2.59. The van der Waals surface area contributed by atoms with Crippen molar-refractivity contribution in [2.45, 2.75) is 51.2 Å². The van der Waals surface area contributed by atoms with Crippen LogP contribution in [0.3, 0.4) is 0 Å². The van der Waals surface area contributed by atoms with E-state index in [4.69, 9.17) is 23.4 Å². The maximum Gasteiger partial charge on any atom is 0.238 e. The molecule has 0 aliphatic carbocycles. The topological polar surface area (TPSA) is 40.5 Å². The molecule has 0 radical (unpaired) electrons. The van der Waals surface area contributed by atoms with Crippen molar-refractivity contribution >= 4 is 5.78 Å². The lowest BCUT2D eigenvalue weighted by molar-refractivity contribution is -0.236. The van der Waals surface area contributed by atoms with Crippen LogP contribution in [0.4, 0.5) is 0 Å². The molecule has 1 saturated heterocycles. The highest BCUT2D eigenvalue weighted by molar-refractivity contribution is 5.81. The average Bonchev–Trinajstić information content (AvgIpc) is 2.37. The van der Waals surface area contributed by atoms with E-state index in [0.717, 1.165) is 0 Å². The van der Waals surface area contributed by atoms with Crippen LogP contribution in [0.2, 0.25) is 1.43 Å². The number of ketones is 1. The summed E-state index contributed by atoms with van der Waals surface area (Å²) < 4.78 is 130. The van der Waals surface area contributed by atoms with E-state index in [1.54, 1.807) is 0 Å². The highest BCUT2D eigenvalue weighted by atomic mass is 16.8. The first kappa shape index (κ1) is 1.59. The van der Waals surface area contributed by atoms with Crippen molar-refractivity contribution in [2.24, 2.45) is 0 Å². The van der Waals surface area contributed by atoms with Crippen LogP contribution in [0.1, 0.15) is 62.1 Å². The Bertz CT molecular complexity index is 584. The van der Waals surface area contributed by atoms with Gasteiger partial charge >= 0.3 is 0 Å². The van der Waals surface area contributed by atoms with Gasteiger partial charge in [0.15, 0.2) is 0 Å². The second-order valence-electron chi connectivity index (χ2n) is 2.29. The number of hydrogen-bond acceptors (Lipinski definition) is 3. The molecule has 1 fully saturated rings. The maximum absolute atomic E-state index is 12.8. The molecule has 1 aliphatic rings. The van der Waals surface area contributed by atoms with E-state index < -0.39 is 62.1 Å². The van der Waals surface area contributed by atoms with Gasteiger partial charge in [-0.1, -0.05) is 0 Å². The zero-order valence-corrected chi connectivity index (χ0v) is 5.76. The SMILES string of the molecule is [2H]O[15N]1C(C([2H])([2H])[2H])(C([2H])([2H])[2H])C([2H])([2H])C(=O)C([2H])([2H])C1(C([2H])([2H])[2H])C([2H])([2H])[2H]. The van der Waals surface area contributed by atoms with Crippen LogP contribution in [0.5, 0.6) is 0 Å². The van der Waals surface area contributed by atoms with Gasteiger partial charge in [-0.25, -0.2) is 0 Å². The first-order valence-electron chi connectivity index (χ1n) is 11.2. The molecule has 0 unspecified atom stereocenters. The summed E-state index contributed by atoms with van der Waals surface area (Å²) in [5, 5.41) is 2.85. The molecule has 0 bridgehead atoms. The molecule has 0 atom stereocenters. The van der Waals surface area contributed by atoms with Gasteiger partial charge < -0.3 is 5.21 Å². The number of piperidine rings is 1. The predicted octanol–water partition coefficient (Wildman–Crippen LogP) is 1.60. The van der Waals surface area contributed by atoms with Crippen molar-refractivity contribution in [3.8, 4) is 0 Å². The molecule has 0 amide bonds. The van der Waals surface area contributed by atoms with E-state index in [2.05, 4.69) is 5.21 Å². The van der Waals surface area contributed by atoms with Gasteiger partial charge in [-0.15, -0.1) is 0 Å². The Kier molecular flexibility index (Phi) is 0.336. The van der Waals surface area contributed by atoms with Crippen LogP contribution < -0.4 is 0 Å². The molecule has 3 heteroatoms. The number of carbonyl (C=O) groups is 1. The maximum atomic E-state index is 12.8. The van der Waals surface area contributed by atoms with Gasteiger partial charge in [-0.3, -0.25) is 4.79 Å². The van der Waals surface area contributed by atoms with Crippen molar-refractivity contribution in [2.75, 3.05) is 0 Å². The highest BCUT2D eigenvalue weighted by Gasteiger charge is 2.44. The Morgan fingerprint density at radius 2 is 2.00 bits per heavy atom. The molecular weight excluding hydrogens is 155 g/mol. The van der Waals surface area contributed by atoms with Gasteiger partial charge in [0.25, 0.3) is 0 Å². The van der Waals surface area contributed by atoms with Crippen molar-refractivity contribution < 1.29 is 33.4 Å². The fourth-order valence-corrected chi connectivity index (χ4v) is 0.713. The minimum atomic E-state index is -4.36. The van der Waals surface area contributed by atoms with Crippen molar-refractivity contribution in [1.29, 1.82) is 0 Å². The number of Topliss-reactive ketones (excluding diaryl/α,β-unsaturated/α-hetero) is 1. The fraction of sp³-hybridized carbons (Fsp3) is 0.889. The molecule has 0 aromatic carbocycles. The standard InChI is InChI=1S/C9H17NO2/c1-8(2)5-7(11)6-9(3,4)10(8)12/h12H,5-6H2,1-4H3/i1D3,2D3,3D3,4D3,5D2,6D2,10+1,12D. The van der Waals surface area contributed by atoms with Crippen LogP contribution >= 0.6 is 0 Å². The fourth-order valence-electron chi connectivity index (χ4n) is 0.713. The third-order valence-electron chi connectivity index (χ3n) is 1.20. The predicted molar refractivity (Wildman–Crippen MR) is 46.0 cm³/mol. The Labute approximate surface area is 97.3 Å². The van der Waals surface area contributed by atoms with Crippen molar-refractivity contribution in [3.05, 3.63) is 0 Å². The van der Waals surface area contributed by atoms with E-state index in [-0.39, 0.29) is 0 Å². The molecule has 3 nitrogen and oxygen atoms in total. The van der Waals surface area contributed by atoms with Gasteiger partial charge in [-0.05, 0) is 27.4 Å². The van der Waals surface area contributed by atoms with Crippen LogP contribution in [0.15, 0.2) is 0 Å². The molecule has 0 aromatic heterocycles. The van der Waals surface area contributed by atoms with E-state index in [0.29, 0.717) is 0 Å². The molecule has 0 aromatic rings. The van der Waals surface area contributed by atoms with Crippen molar-refractivity contribution in [3.63, 3.8) is 0 Å². The first-order chi connectivity index (χ1) is 12.3. The molecule has 0 spiro atoms. The number of rotatable bonds is 1. The molecule has 1 aliphatic heterocycles. The summed E-state index contributed by atoms with van der Waals surface area (Å²) in [6, 6.07) is 0. The minimum absolute atomic E-state index is 1.01. The van der Waals surface area contributed by atoms with Crippen LogP contribution in [0.25, 0.3) is 0 Å². The van der Waals surface area contributed by atoms with Crippen LogP contribution in [-0.2, 0) is 4.79 Å². The quantitative estimate of drug-likeness (QED) is 0.637. The third-order valence-corrected chi connectivity index (χ3v) is 1.20. The average molecular weight is 189 g/mol. The Balaban J connectivity index is 4.51. The molecule has 70 valence electrons. The highest BCUT2D eigenvalue weighted by Crippen LogP contribution is 2.34. The molecule has 12 heavy (non-hydrogen) atoms. The van der Waals surface area contributed by atoms with Gasteiger partial charge in [0.2, 0.25) is 1.43 Å². The summed E-state index contributed by atoms with van der Waals surface area (Å²) in [4.78, 5) is 12.8. The summed E-state index contributed by atoms with van der Waals surface area (Å²) in [6.45, 7) is -16.8. The normalized spacial score (nSPS) is 62.3. The Hall–Kier alpha value is -0.410. The summed E-state index contributed by atoms with van der Waals surface area (Å²) in [5.74, 6) is -2.53. The number of nitrogens with zero attached hydrogens (tertiary/aromatic N) is 1. The summed E-state index contributed by atoms with van der Waals surface area (Å²) >= 11 is 0. The second-order valence-corrected chi connectivity index (χ2v) is 2.29. The van der Waals surface area contributed by atoms with Gasteiger partial charge in [0.05, 0.1) is 0 Å². The molecule has 1 rings (SSSR count). The molecular formula is C9H17NO2. The van der Waals surface area contributed by atoms with Crippen LogP contribution in [-0.4, -0.2) is 27.1 Å². The van der Waals surface area contributed by atoms with Crippen molar-refractivity contribution in [1.82, 2.24) is 5.06 Å². The van der Waals surface area contributed by atoms with Crippen LogP contribution in [0, 0.1) is 0 Å². The van der Waals surface area contributed by atoms with Gasteiger partial charge in [0, 0.05) is 45.8 Å². The van der Waals surface area contributed by atoms with Gasteiger partial charge in [0.1, 0.15) is 5.78 Å². The number of hydrogen-bond donors (Lipinski definition) is 1. The summed E-state index contributed by atoms with van der Waals surface area (Å²) in [5.41, 5.74) is -8.72. The third kappa shape index (κ3) is 1.52. The lowest BCUT2D eigenvalue weighted by atomic mass is 9.85. The van der Waals surface area contributed by atoms with E-state index >= 15 is 0 Å². The lowest BCUT2D eigenvalue weighted by Gasteiger charge is -2.47. The molecule has 1 N–H and O–H groups in total. The zero-order chi connectivity index (χ0) is 23.9. The van der Waals surface area contributed by atoms with E-state index in [1.807, 2.05) is 0 Å². The monoisotopic (exact) mass is 189 g/mol. The minimum Gasteiger partial charge on any atom is -0.313 e. The first-order valence-corrected chi connectivity index (χ1v) is 2.83. The largest absolute Gasteiger partial charge is 0.313 e.